The third-order valence-electron chi connectivity index (χ3n) is 3.64. The Morgan fingerprint density at radius 2 is 2.13 bits per heavy atom. The number of thiophene rings is 1. The fourth-order valence-electron chi connectivity index (χ4n) is 2.30. The minimum absolute atomic E-state index is 0.00354. The van der Waals surface area contributed by atoms with Crippen LogP contribution in [0.25, 0.3) is 0 Å². The van der Waals surface area contributed by atoms with E-state index >= 15 is 0 Å². The minimum Gasteiger partial charge on any atom is -0.325 e. The van der Waals surface area contributed by atoms with Crippen LogP contribution in [0.1, 0.15) is 16.0 Å². The van der Waals surface area contributed by atoms with E-state index in [1.165, 1.54) is 10.4 Å². The number of anilines is 1. The summed E-state index contributed by atoms with van der Waals surface area (Å²) in [4.78, 5) is 15.7. The minimum atomic E-state index is -0.00354. The molecule has 0 bridgehead atoms. The topological polar surface area (TPSA) is 32.3 Å². The van der Waals surface area contributed by atoms with Crippen molar-refractivity contribution in [2.75, 3.05) is 18.4 Å². The standard InChI is InChI=1S/C18H21BrN2OS/c1-4-10-21(11-15-8-9-17(19)23-15)12-18(22)20-16-7-5-6-13(2)14(16)3/h4-9H,1,10-12H2,2-3H3,(H,20,22). The number of rotatable bonds is 7. The molecule has 0 saturated heterocycles. The summed E-state index contributed by atoms with van der Waals surface area (Å²) in [5, 5.41) is 3.01. The molecule has 0 unspecified atom stereocenters. The van der Waals surface area contributed by atoms with Gasteiger partial charge in [-0.1, -0.05) is 18.2 Å². The number of aryl methyl sites for hydroxylation is 1. The van der Waals surface area contributed by atoms with Gasteiger partial charge in [0.05, 0.1) is 10.3 Å². The van der Waals surface area contributed by atoms with Crippen LogP contribution in [0.5, 0.6) is 0 Å². The predicted octanol–water partition coefficient (Wildman–Crippen LogP) is 4.75. The van der Waals surface area contributed by atoms with E-state index in [1.807, 2.05) is 44.2 Å². The Kier molecular flexibility index (Phi) is 6.57. The molecule has 1 aromatic carbocycles. The smallest absolute Gasteiger partial charge is 0.238 e. The largest absolute Gasteiger partial charge is 0.325 e. The molecule has 2 aromatic rings. The van der Waals surface area contributed by atoms with Crippen molar-refractivity contribution >= 4 is 38.9 Å². The molecule has 1 N–H and O–H groups in total. The van der Waals surface area contributed by atoms with Crippen molar-refractivity contribution in [1.82, 2.24) is 4.90 Å². The molecule has 0 aliphatic rings. The average molecular weight is 393 g/mol. The number of hydrogen-bond acceptors (Lipinski definition) is 3. The molecule has 0 saturated carbocycles. The first-order chi connectivity index (χ1) is 11.0. The molecule has 1 aromatic heterocycles. The van der Waals surface area contributed by atoms with Gasteiger partial charge in [0.25, 0.3) is 0 Å². The van der Waals surface area contributed by atoms with E-state index in [4.69, 9.17) is 0 Å². The van der Waals surface area contributed by atoms with Gasteiger partial charge in [-0.2, -0.15) is 0 Å². The maximum atomic E-state index is 12.4. The Labute approximate surface area is 150 Å². The van der Waals surface area contributed by atoms with E-state index < -0.39 is 0 Å². The number of amides is 1. The Bertz CT molecular complexity index is 696. The van der Waals surface area contributed by atoms with Gasteiger partial charge in [0.1, 0.15) is 0 Å². The summed E-state index contributed by atoms with van der Waals surface area (Å²) in [6, 6.07) is 10.1. The zero-order chi connectivity index (χ0) is 16.8. The molecule has 3 nitrogen and oxygen atoms in total. The summed E-state index contributed by atoms with van der Waals surface area (Å²) in [5.74, 6) is -0.00354. The highest BCUT2D eigenvalue weighted by molar-refractivity contribution is 9.11. The fourth-order valence-corrected chi connectivity index (χ4v) is 3.83. The van der Waals surface area contributed by atoms with Crippen LogP contribution in [0.4, 0.5) is 5.69 Å². The fraction of sp³-hybridized carbons (Fsp3) is 0.278. The maximum absolute atomic E-state index is 12.4. The second-order valence-electron chi connectivity index (χ2n) is 5.46. The number of nitrogens with one attached hydrogen (secondary N) is 1. The third kappa shape index (κ3) is 5.30. The number of benzene rings is 1. The highest BCUT2D eigenvalue weighted by Gasteiger charge is 2.12. The van der Waals surface area contributed by atoms with Crippen LogP contribution in [-0.2, 0) is 11.3 Å². The number of halogens is 1. The van der Waals surface area contributed by atoms with E-state index in [0.29, 0.717) is 13.1 Å². The second kappa shape index (κ2) is 8.43. The van der Waals surface area contributed by atoms with Crippen LogP contribution in [0.2, 0.25) is 0 Å². The first kappa shape index (κ1) is 17.9. The van der Waals surface area contributed by atoms with Crippen LogP contribution in [-0.4, -0.2) is 23.9 Å². The summed E-state index contributed by atoms with van der Waals surface area (Å²) in [5.41, 5.74) is 3.17. The van der Waals surface area contributed by atoms with Gasteiger partial charge in [0, 0.05) is 23.7 Å². The summed E-state index contributed by atoms with van der Waals surface area (Å²) >= 11 is 5.16. The lowest BCUT2D eigenvalue weighted by Crippen LogP contribution is -2.33. The lowest BCUT2D eigenvalue weighted by atomic mass is 10.1. The molecule has 23 heavy (non-hydrogen) atoms. The molecular formula is C18H21BrN2OS. The van der Waals surface area contributed by atoms with Crippen molar-refractivity contribution in [3.05, 3.63) is 62.8 Å². The van der Waals surface area contributed by atoms with E-state index in [1.54, 1.807) is 11.3 Å². The van der Waals surface area contributed by atoms with Crippen molar-refractivity contribution in [3.8, 4) is 0 Å². The maximum Gasteiger partial charge on any atom is 0.238 e. The second-order valence-corrected chi connectivity index (χ2v) is 8.01. The van der Waals surface area contributed by atoms with E-state index in [0.717, 1.165) is 21.6 Å². The molecule has 2 rings (SSSR count). The van der Waals surface area contributed by atoms with Crippen molar-refractivity contribution in [2.24, 2.45) is 0 Å². The van der Waals surface area contributed by atoms with Crippen molar-refractivity contribution in [3.63, 3.8) is 0 Å². The Balaban J connectivity index is 2.00. The molecule has 0 spiro atoms. The van der Waals surface area contributed by atoms with Crippen LogP contribution in [0.3, 0.4) is 0 Å². The molecule has 0 radical (unpaired) electrons. The Morgan fingerprint density at radius 3 is 2.78 bits per heavy atom. The van der Waals surface area contributed by atoms with Gasteiger partial charge in [0.15, 0.2) is 0 Å². The highest BCUT2D eigenvalue weighted by Crippen LogP contribution is 2.23. The number of hydrogen-bond donors (Lipinski definition) is 1. The van der Waals surface area contributed by atoms with Gasteiger partial charge in [-0.15, -0.1) is 17.9 Å². The molecule has 1 heterocycles. The summed E-state index contributed by atoms with van der Waals surface area (Å²) in [7, 11) is 0. The van der Waals surface area contributed by atoms with Gasteiger partial charge >= 0.3 is 0 Å². The number of carbonyl (C=O) groups excluding carboxylic acids is 1. The first-order valence-electron chi connectivity index (χ1n) is 7.43. The van der Waals surface area contributed by atoms with Crippen molar-refractivity contribution in [1.29, 1.82) is 0 Å². The average Bonchev–Trinajstić information content (AvgIpc) is 2.89. The van der Waals surface area contributed by atoms with Crippen LogP contribution in [0.15, 0.2) is 46.8 Å². The molecule has 0 atom stereocenters. The summed E-state index contributed by atoms with van der Waals surface area (Å²) < 4.78 is 1.10. The SMILES string of the molecule is C=CCN(CC(=O)Nc1cccc(C)c1C)Cc1ccc(Br)s1. The monoisotopic (exact) mass is 392 g/mol. The van der Waals surface area contributed by atoms with Crippen molar-refractivity contribution in [2.45, 2.75) is 20.4 Å². The van der Waals surface area contributed by atoms with E-state index in [9.17, 15) is 4.79 Å². The predicted molar refractivity (Wildman–Crippen MR) is 102 cm³/mol. The molecule has 1 amide bonds. The van der Waals surface area contributed by atoms with Gasteiger partial charge < -0.3 is 5.32 Å². The Hall–Kier alpha value is -1.43. The number of carbonyl (C=O) groups is 1. The number of nitrogens with zero attached hydrogens (tertiary/aromatic N) is 1. The highest BCUT2D eigenvalue weighted by atomic mass is 79.9. The Morgan fingerprint density at radius 1 is 1.35 bits per heavy atom. The third-order valence-corrected chi connectivity index (χ3v) is 5.25. The lowest BCUT2D eigenvalue weighted by molar-refractivity contribution is -0.117. The van der Waals surface area contributed by atoms with Gasteiger partial charge in [0.2, 0.25) is 5.91 Å². The molecule has 0 fully saturated rings. The lowest BCUT2D eigenvalue weighted by Gasteiger charge is -2.20. The molecule has 0 aliphatic carbocycles. The summed E-state index contributed by atoms with van der Waals surface area (Å²) in [6.07, 6.45) is 1.83. The van der Waals surface area contributed by atoms with Crippen LogP contribution < -0.4 is 5.32 Å². The quantitative estimate of drug-likeness (QED) is 0.689. The van der Waals surface area contributed by atoms with E-state index in [-0.39, 0.29) is 5.91 Å². The normalized spacial score (nSPS) is 10.8. The zero-order valence-electron chi connectivity index (χ0n) is 13.4. The van der Waals surface area contributed by atoms with Gasteiger partial charge in [-0.3, -0.25) is 9.69 Å². The molecular weight excluding hydrogens is 372 g/mol. The van der Waals surface area contributed by atoms with Gasteiger partial charge in [-0.25, -0.2) is 0 Å². The van der Waals surface area contributed by atoms with Crippen molar-refractivity contribution < 1.29 is 4.79 Å². The molecule has 122 valence electrons. The first-order valence-corrected chi connectivity index (χ1v) is 9.04. The molecule has 0 aliphatic heterocycles. The zero-order valence-corrected chi connectivity index (χ0v) is 15.8. The van der Waals surface area contributed by atoms with Gasteiger partial charge in [-0.05, 0) is 59.1 Å². The molecule has 5 heteroatoms. The van der Waals surface area contributed by atoms with Crippen LogP contribution >= 0.6 is 27.3 Å². The van der Waals surface area contributed by atoms with Crippen LogP contribution in [0, 0.1) is 13.8 Å². The summed E-state index contributed by atoms with van der Waals surface area (Å²) in [6.45, 7) is 9.61. The van der Waals surface area contributed by atoms with E-state index in [2.05, 4.69) is 38.8 Å².